The highest BCUT2D eigenvalue weighted by atomic mass is 32.2. The summed E-state index contributed by atoms with van der Waals surface area (Å²) < 4.78 is 5.45. The number of carbonyl (C=O) groups excluding carboxylic acids is 2. The second-order valence-electron chi connectivity index (χ2n) is 4.36. The Bertz CT molecular complexity index is 472. The largest absolute Gasteiger partial charge is 0.415 e. The monoisotopic (exact) mass is 299 g/mol. The Labute approximate surface area is 120 Å². The third-order valence-corrected chi connectivity index (χ3v) is 3.63. The van der Waals surface area contributed by atoms with Crippen molar-refractivity contribution < 1.29 is 14.0 Å². The van der Waals surface area contributed by atoms with Gasteiger partial charge in [0.05, 0.1) is 12.3 Å². The van der Waals surface area contributed by atoms with Gasteiger partial charge >= 0.3 is 6.03 Å². The molecule has 1 saturated heterocycles. The molecule has 3 amide bonds. The molecule has 1 aromatic rings. The predicted octanol–water partition coefficient (Wildman–Crippen LogP) is 0.213. The van der Waals surface area contributed by atoms with Crippen molar-refractivity contribution in [3.8, 4) is 0 Å². The molecule has 2 rings (SSSR count). The Morgan fingerprint density at radius 2 is 2.10 bits per heavy atom. The van der Waals surface area contributed by atoms with E-state index in [-0.39, 0.29) is 5.75 Å². The van der Waals surface area contributed by atoms with Gasteiger partial charge < -0.3 is 9.73 Å². The normalized spacial score (nSPS) is 15.2. The van der Waals surface area contributed by atoms with Gasteiger partial charge in [0.15, 0.2) is 0 Å². The van der Waals surface area contributed by atoms with Crippen molar-refractivity contribution in [1.82, 2.24) is 25.7 Å². The molecule has 1 aliphatic heterocycles. The van der Waals surface area contributed by atoms with Crippen LogP contribution in [-0.2, 0) is 11.3 Å². The van der Waals surface area contributed by atoms with Crippen molar-refractivity contribution in [1.29, 1.82) is 0 Å². The highest BCUT2D eigenvalue weighted by Gasteiger charge is 2.16. The summed E-state index contributed by atoms with van der Waals surface area (Å²) in [5, 5.41) is 12.6. The highest BCUT2D eigenvalue weighted by Crippen LogP contribution is 2.18. The van der Waals surface area contributed by atoms with Crippen molar-refractivity contribution >= 4 is 23.7 Å². The average molecular weight is 299 g/mol. The molecule has 0 atom stereocenters. The molecule has 20 heavy (non-hydrogen) atoms. The molecule has 9 heteroatoms. The Morgan fingerprint density at radius 3 is 2.80 bits per heavy atom. The Balaban J connectivity index is 1.74. The number of imide groups is 1. The zero-order chi connectivity index (χ0) is 14.4. The number of rotatable bonds is 5. The first-order valence-electron chi connectivity index (χ1n) is 6.36. The molecule has 0 saturated carbocycles. The molecule has 0 spiro atoms. The molecular weight excluding hydrogens is 282 g/mol. The van der Waals surface area contributed by atoms with Crippen LogP contribution in [0, 0.1) is 0 Å². The maximum absolute atomic E-state index is 11.4. The fourth-order valence-electron chi connectivity index (χ4n) is 1.84. The average Bonchev–Trinajstić information content (AvgIpc) is 3.08. The van der Waals surface area contributed by atoms with Crippen LogP contribution in [0.4, 0.5) is 4.79 Å². The van der Waals surface area contributed by atoms with E-state index < -0.39 is 11.9 Å². The van der Waals surface area contributed by atoms with Gasteiger partial charge in [0.25, 0.3) is 5.22 Å². The molecule has 1 aliphatic rings. The molecule has 8 nitrogen and oxygen atoms in total. The van der Waals surface area contributed by atoms with E-state index in [0.717, 1.165) is 24.9 Å². The van der Waals surface area contributed by atoms with E-state index in [1.54, 1.807) is 0 Å². The maximum Gasteiger partial charge on any atom is 0.321 e. The summed E-state index contributed by atoms with van der Waals surface area (Å²) in [5.74, 6) is 0.202. The fraction of sp³-hybridized carbons (Fsp3) is 0.636. The first-order valence-corrected chi connectivity index (χ1v) is 7.35. The minimum Gasteiger partial charge on any atom is -0.415 e. The first kappa shape index (κ1) is 14.8. The lowest BCUT2D eigenvalue weighted by Gasteiger charge is -2.10. The quantitative estimate of drug-likeness (QED) is 0.750. The minimum atomic E-state index is -0.532. The number of hydrogen-bond donors (Lipinski definition) is 2. The van der Waals surface area contributed by atoms with E-state index in [1.807, 2.05) is 0 Å². The number of carbonyl (C=O) groups is 2. The summed E-state index contributed by atoms with van der Waals surface area (Å²) in [6, 6.07) is -0.532. The van der Waals surface area contributed by atoms with Gasteiger partial charge in [-0.2, -0.15) is 0 Å². The molecule has 0 aliphatic carbocycles. The lowest BCUT2D eigenvalue weighted by Crippen LogP contribution is -2.38. The van der Waals surface area contributed by atoms with Gasteiger partial charge in [0, 0.05) is 7.05 Å². The van der Waals surface area contributed by atoms with E-state index in [1.165, 1.54) is 19.9 Å². The third-order valence-electron chi connectivity index (χ3n) is 2.81. The standard InChI is InChI=1S/C11H17N5O3S/c1-12-10(18)13-8(17)7-20-11-15-14-9(19-11)6-16-4-2-3-5-16/h2-7H2,1H3,(H2,12,13,17,18). The molecule has 0 radical (unpaired) electrons. The van der Waals surface area contributed by atoms with Crippen LogP contribution in [0.3, 0.4) is 0 Å². The van der Waals surface area contributed by atoms with Gasteiger partial charge in [-0.25, -0.2) is 4.79 Å². The number of nitrogens with one attached hydrogen (secondary N) is 2. The lowest BCUT2D eigenvalue weighted by atomic mass is 10.4. The molecule has 2 heterocycles. The van der Waals surface area contributed by atoms with E-state index in [2.05, 4.69) is 25.7 Å². The minimum absolute atomic E-state index is 0.0543. The number of likely N-dealkylation sites (tertiary alicyclic amines) is 1. The number of thioether (sulfide) groups is 1. The van der Waals surface area contributed by atoms with Crippen LogP contribution in [0.1, 0.15) is 18.7 Å². The summed E-state index contributed by atoms with van der Waals surface area (Å²) in [7, 11) is 1.44. The van der Waals surface area contributed by atoms with Crippen molar-refractivity contribution in [2.45, 2.75) is 24.6 Å². The number of urea groups is 1. The fourth-order valence-corrected chi connectivity index (χ4v) is 2.43. The topological polar surface area (TPSA) is 100 Å². The zero-order valence-electron chi connectivity index (χ0n) is 11.2. The van der Waals surface area contributed by atoms with Gasteiger partial charge in [-0.05, 0) is 25.9 Å². The number of nitrogens with zero attached hydrogens (tertiary/aromatic N) is 3. The number of hydrogen-bond acceptors (Lipinski definition) is 7. The number of aromatic nitrogens is 2. The lowest BCUT2D eigenvalue weighted by molar-refractivity contribution is -0.117. The summed E-state index contributed by atoms with van der Waals surface area (Å²) in [6.45, 7) is 2.76. The van der Waals surface area contributed by atoms with Crippen molar-refractivity contribution in [2.24, 2.45) is 0 Å². The van der Waals surface area contributed by atoms with Crippen LogP contribution in [-0.4, -0.2) is 52.9 Å². The second kappa shape index (κ2) is 7.25. The van der Waals surface area contributed by atoms with Crippen LogP contribution in [0.15, 0.2) is 9.64 Å². The van der Waals surface area contributed by atoms with Crippen molar-refractivity contribution in [3.63, 3.8) is 0 Å². The molecule has 110 valence electrons. The Morgan fingerprint density at radius 1 is 1.35 bits per heavy atom. The molecule has 1 fully saturated rings. The SMILES string of the molecule is CNC(=O)NC(=O)CSc1nnc(CN2CCCC2)o1. The van der Waals surface area contributed by atoms with Crippen LogP contribution in [0.25, 0.3) is 0 Å². The Kier molecular flexibility index (Phi) is 5.36. The molecule has 0 bridgehead atoms. The van der Waals surface area contributed by atoms with Crippen LogP contribution in [0.2, 0.25) is 0 Å². The van der Waals surface area contributed by atoms with Crippen molar-refractivity contribution in [3.05, 3.63) is 5.89 Å². The van der Waals surface area contributed by atoms with E-state index in [4.69, 9.17) is 4.42 Å². The maximum atomic E-state index is 11.4. The van der Waals surface area contributed by atoms with Crippen LogP contribution in [0.5, 0.6) is 0 Å². The summed E-state index contributed by atoms with van der Waals surface area (Å²) >= 11 is 1.11. The van der Waals surface area contributed by atoms with Gasteiger partial charge in [0.2, 0.25) is 11.8 Å². The molecule has 1 aromatic heterocycles. The van der Waals surface area contributed by atoms with E-state index in [9.17, 15) is 9.59 Å². The van der Waals surface area contributed by atoms with Gasteiger partial charge in [0.1, 0.15) is 0 Å². The van der Waals surface area contributed by atoms with E-state index in [0.29, 0.717) is 17.7 Å². The Hall–Kier alpha value is -1.61. The predicted molar refractivity (Wildman–Crippen MR) is 72.1 cm³/mol. The molecular formula is C11H17N5O3S. The van der Waals surface area contributed by atoms with Crippen LogP contribution < -0.4 is 10.6 Å². The summed E-state index contributed by atoms with van der Waals surface area (Å²) in [4.78, 5) is 24.6. The first-order chi connectivity index (χ1) is 9.67. The highest BCUT2D eigenvalue weighted by molar-refractivity contribution is 7.99. The van der Waals surface area contributed by atoms with E-state index >= 15 is 0 Å². The summed E-state index contributed by atoms with van der Waals surface area (Å²) in [5.41, 5.74) is 0. The number of amides is 3. The van der Waals surface area contributed by atoms with Gasteiger partial charge in [-0.15, -0.1) is 10.2 Å². The molecule has 2 N–H and O–H groups in total. The third kappa shape index (κ3) is 4.49. The second-order valence-corrected chi connectivity index (χ2v) is 5.29. The molecule has 0 unspecified atom stereocenters. The van der Waals surface area contributed by atoms with Gasteiger partial charge in [-0.1, -0.05) is 11.8 Å². The zero-order valence-corrected chi connectivity index (χ0v) is 12.0. The molecule has 0 aromatic carbocycles. The van der Waals surface area contributed by atoms with Gasteiger partial charge in [-0.3, -0.25) is 15.0 Å². The smallest absolute Gasteiger partial charge is 0.321 e. The summed E-state index contributed by atoms with van der Waals surface area (Å²) in [6.07, 6.45) is 2.41. The van der Waals surface area contributed by atoms with Crippen LogP contribution >= 0.6 is 11.8 Å². The van der Waals surface area contributed by atoms with Crippen molar-refractivity contribution in [2.75, 3.05) is 25.9 Å².